The summed E-state index contributed by atoms with van der Waals surface area (Å²) in [6.07, 6.45) is 1.60. The van der Waals surface area contributed by atoms with Crippen molar-refractivity contribution in [3.05, 3.63) is 65.5 Å². The highest BCUT2D eigenvalue weighted by molar-refractivity contribution is 5.89. The maximum absolute atomic E-state index is 12.6. The number of carbonyl (C=O) groups excluding carboxylic acids is 1. The predicted octanol–water partition coefficient (Wildman–Crippen LogP) is 4.14. The molecule has 8 nitrogen and oxygen atoms in total. The first kappa shape index (κ1) is 20.9. The highest BCUT2D eigenvalue weighted by atomic mass is 16.5. The third-order valence-corrected chi connectivity index (χ3v) is 5.32. The van der Waals surface area contributed by atoms with Gasteiger partial charge in [-0.05, 0) is 39.0 Å². The molecule has 8 heteroatoms. The second kappa shape index (κ2) is 9.18. The van der Waals surface area contributed by atoms with Gasteiger partial charge in [-0.25, -0.2) is 14.8 Å². The number of anilines is 1. The van der Waals surface area contributed by atoms with Crippen molar-refractivity contribution in [2.45, 2.75) is 27.3 Å². The van der Waals surface area contributed by atoms with Crippen LogP contribution in [0, 0.1) is 20.8 Å². The summed E-state index contributed by atoms with van der Waals surface area (Å²) in [5.41, 5.74) is 2.73. The molecule has 0 aliphatic carbocycles. The van der Waals surface area contributed by atoms with Gasteiger partial charge in [-0.15, -0.1) is 0 Å². The number of hydrogen-bond donors (Lipinski definition) is 1. The molecule has 4 rings (SSSR count). The summed E-state index contributed by atoms with van der Waals surface area (Å²) in [4.78, 5) is 25.4. The SMILES string of the molecule is Cc1ccc(Oc2ccc(NC(=O)N3CCN(Cc4nc(C)c(C)o4)CC3)cn2)cc1. The lowest BCUT2D eigenvalue weighted by atomic mass is 10.2. The van der Waals surface area contributed by atoms with Crippen molar-refractivity contribution in [2.24, 2.45) is 0 Å². The summed E-state index contributed by atoms with van der Waals surface area (Å²) in [7, 11) is 0. The van der Waals surface area contributed by atoms with Crippen LogP contribution < -0.4 is 10.1 Å². The van der Waals surface area contributed by atoms with Gasteiger partial charge in [0, 0.05) is 32.2 Å². The first-order valence-electron chi connectivity index (χ1n) is 10.4. The third kappa shape index (κ3) is 5.40. The molecule has 0 atom stereocenters. The second-order valence-corrected chi connectivity index (χ2v) is 7.74. The summed E-state index contributed by atoms with van der Waals surface area (Å²) >= 11 is 0. The minimum absolute atomic E-state index is 0.128. The first-order valence-corrected chi connectivity index (χ1v) is 10.4. The molecular formula is C23H27N5O3. The van der Waals surface area contributed by atoms with Gasteiger partial charge in [-0.1, -0.05) is 17.7 Å². The average molecular weight is 422 g/mol. The Morgan fingerprint density at radius 3 is 2.42 bits per heavy atom. The molecule has 0 bridgehead atoms. The summed E-state index contributed by atoms with van der Waals surface area (Å²) in [6, 6.07) is 11.2. The van der Waals surface area contributed by atoms with E-state index in [1.807, 2.05) is 45.0 Å². The number of rotatable bonds is 5. The molecule has 162 valence electrons. The van der Waals surface area contributed by atoms with Crippen molar-refractivity contribution >= 4 is 11.7 Å². The summed E-state index contributed by atoms with van der Waals surface area (Å²) < 4.78 is 11.4. The zero-order valence-corrected chi connectivity index (χ0v) is 18.1. The molecular weight excluding hydrogens is 394 g/mol. The van der Waals surface area contributed by atoms with Crippen LogP contribution in [0.25, 0.3) is 0 Å². The van der Waals surface area contributed by atoms with Gasteiger partial charge in [0.1, 0.15) is 11.5 Å². The van der Waals surface area contributed by atoms with Crippen molar-refractivity contribution < 1.29 is 13.9 Å². The van der Waals surface area contributed by atoms with Gasteiger partial charge in [0.25, 0.3) is 0 Å². The van der Waals surface area contributed by atoms with Gasteiger partial charge >= 0.3 is 6.03 Å². The van der Waals surface area contributed by atoms with E-state index in [0.717, 1.165) is 36.2 Å². The topological polar surface area (TPSA) is 83.7 Å². The molecule has 0 spiro atoms. The molecule has 3 heterocycles. The maximum Gasteiger partial charge on any atom is 0.321 e. The number of nitrogens with zero attached hydrogens (tertiary/aromatic N) is 4. The Labute approximate surface area is 181 Å². The van der Waals surface area contributed by atoms with E-state index < -0.39 is 0 Å². The number of nitrogens with one attached hydrogen (secondary N) is 1. The number of piperazine rings is 1. The minimum atomic E-state index is -0.128. The molecule has 1 saturated heterocycles. The van der Waals surface area contributed by atoms with Crippen molar-refractivity contribution in [1.29, 1.82) is 0 Å². The minimum Gasteiger partial charge on any atom is -0.444 e. The molecule has 2 amide bonds. The number of amides is 2. The second-order valence-electron chi connectivity index (χ2n) is 7.74. The predicted molar refractivity (Wildman–Crippen MR) is 117 cm³/mol. The fraction of sp³-hybridized carbons (Fsp3) is 0.348. The van der Waals surface area contributed by atoms with Crippen molar-refractivity contribution in [1.82, 2.24) is 19.8 Å². The van der Waals surface area contributed by atoms with E-state index in [-0.39, 0.29) is 6.03 Å². The van der Waals surface area contributed by atoms with Crippen LogP contribution in [0.3, 0.4) is 0 Å². The summed E-state index contributed by atoms with van der Waals surface area (Å²) in [5, 5.41) is 2.91. The van der Waals surface area contributed by atoms with Crippen molar-refractivity contribution in [2.75, 3.05) is 31.5 Å². The average Bonchev–Trinajstić information content (AvgIpc) is 3.08. The van der Waals surface area contributed by atoms with Gasteiger partial charge in [0.15, 0.2) is 0 Å². The number of urea groups is 1. The maximum atomic E-state index is 12.6. The lowest BCUT2D eigenvalue weighted by Gasteiger charge is -2.33. The lowest BCUT2D eigenvalue weighted by Crippen LogP contribution is -2.49. The quantitative estimate of drug-likeness (QED) is 0.667. The molecule has 1 aliphatic heterocycles. The molecule has 1 aromatic carbocycles. The van der Waals surface area contributed by atoms with Gasteiger partial charge in [-0.3, -0.25) is 4.90 Å². The van der Waals surface area contributed by atoms with Crippen LogP contribution in [0.2, 0.25) is 0 Å². The molecule has 2 aromatic heterocycles. The molecule has 0 unspecified atom stereocenters. The van der Waals surface area contributed by atoms with Crippen molar-refractivity contribution in [3.8, 4) is 11.6 Å². The van der Waals surface area contributed by atoms with Gasteiger partial charge < -0.3 is 19.4 Å². The Hall–Kier alpha value is -3.39. The first-order chi connectivity index (χ1) is 15.0. The number of carbonyl (C=O) groups is 1. The molecule has 1 N–H and O–H groups in total. The number of hydrogen-bond acceptors (Lipinski definition) is 6. The standard InChI is InChI=1S/C23H27N5O3/c1-16-4-7-20(8-5-16)31-21-9-6-19(14-24-21)26-23(29)28-12-10-27(11-13-28)15-22-25-17(2)18(3)30-22/h4-9,14H,10-13,15H2,1-3H3,(H,26,29). The van der Waals surface area contributed by atoms with Crippen LogP contribution in [-0.4, -0.2) is 52.0 Å². The van der Waals surface area contributed by atoms with E-state index in [0.29, 0.717) is 31.2 Å². The van der Waals surface area contributed by atoms with Gasteiger partial charge in [-0.2, -0.15) is 0 Å². The monoisotopic (exact) mass is 421 g/mol. The Morgan fingerprint density at radius 2 is 1.81 bits per heavy atom. The highest BCUT2D eigenvalue weighted by Gasteiger charge is 2.22. The molecule has 1 aliphatic rings. The Bertz CT molecular complexity index is 1000. The van der Waals surface area contributed by atoms with E-state index in [4.69, 9.17) is 9.15 Å². The summed E-state index contributed by atoms with van der Waals surface area (Å²) in [6.45, 7) is 9.39. The molecule has 31 heavy (non-hydrogen) atoms. The van der Waals surface area contributed by atoms with E-state index in [9.17, 15) is 4.79 Å². The zero-order valence-electron chi connectivity index (χ0n) is 18.1. The number of aromatic nitrogens is 2. The van der Waals surface area contributed by atoms with E-state index in [2.05, 4.69) is 20.2 Å². The van der Waals surface area contributed by atoms with Crippen LogP contribution in [-0.2, 0) is 6.54 Å². The largest absolute Gasteiger partial charge is 0.444 e. The normalized spacial score (nSPS) is 14.5. The fourth-order valence-electron chi connectivity index (χ4n) is 3.35. The highest BCUT2D eigenvalue weighted by Crippen LogP contribution is 2.21. The third-order valence-electron chi connectivity index (χ3n) is 5.32. The van der Waals surface area contributed by atoms with Gasteiger partial charge in [0.05, 0.1) is 24.1 Å². The lowest BCUT2D eigenvalue weighted by molar-refractivity contribution is 0.135. The number of aryl methyl sites for hydroxylation is 3. The van der Waals surface area contributed by atoms with Gasteiger partial charge in [0.2, 0.25) is 11.8 Å². The molecule has 3 aromatic rings. The number of benzene rings is 1. The number of ether oxygens (including phenoxy) is 1. The Morgan fingerprint density at radius 1 is 1.06 bits per heavy atom. The Kier molecular flexibility index (Phi) is 6.18. The Balaban J connectivity index is 1.25. The molecule has 0 radical (unpaired) electrons. The number of oxazole rings is 1. The van der Waals surface area contributed by atoms with Crippen LogP contribution in [0.4, 0.5) is 10.5 Å². The van der Waals surface area contributed by atoms with E-state index in [1.165, 1.54) is 5.56 Å². The van der Waals surface area contributed by atoms with Crippen LogP contribution in [0.15, 0.2) is 47.0 Å². The van der Waals surface area contributed by atoms with E-state index >= 15 is 0 Å². The molecule has 1 fully saturated rings. The zero-order chi connectivity index (χ0) is 21.8. The van der Waals surface area contributed by atoms with Crippen LogP contribution >= 0.6 is 0 Å². The van der Waals surface area contributed by atoms with E-state index in [1.54, 1.807) is 23.2 Å². The molecule has 0 saturated carbocycles. The van der Waals surface area contributed by atoms with Crippen LogP contribution in [0.5, 0.6) is 11.6 Å². The smallest absolute Gasteiger partial charge is 0.321 e. The summed E-state index contributed by atoms with van der Waals surface area (Å²) in [5.74, 6) is 2.79. The fourth-order valence-corrected chi connectivity index (χ4v) is 3.35. The number of pyridine rings is 1. The van der Waals surface area contributed by atoms with Crippen molar-refractivity contribution in [3.63, 3.8) is 0 Å². The van der Waals surface area contributed by atoms with Crippen LogP contribution in [0.1, 0.15) is 22.9 Å².